The van der Waals surface area contributed by atoms with Crippen LogP contribution in [0.2, 0.25) is 0 Å². The van der Waals surface area contributed by atoms with Gasteiger partial charge in [0, 0.05) is 31.7 Å². The molecule has 23 heavy (non-hydrogen) atoms. The third kappa shape index (κ3) is 3.92. The van der Waals surface area contributed by atoms with Crippen LogP contribution in [-0.4, -0.2) is 25.0 Å². The fourth-order valence-corrected chi connectivity index (χ4v) is 3.35. The van der Waals surface area contributed by atoms with Gasteiger partial charge in [0.15, 0.2) is 0 Å². The topological polar surface area (TPSA) is 32.3 Å². The van der Waals surface area contributed by atoms with Crippen LogP contribution in [-0.2, 0) is 17.6 Å². The maximum atomic E-state index is 11.3. The molecule has 1 aliphatic rings. The van der Waals surface area contributed by atoms with Gasteiger partial charge in [0.25, 0.3) is 0 Å². The Morgan fingerprint density at radius 1 is 1.13 bits per heavy atom. The lowest BCUT2D eigenvalue weighted by Crippen LogP contribution is -2.47. The van der Waals surface area contributed by atoms with Crippen LogP contribution in [0.4, 0.5) is 5.69 Å². The monoisotopic (exact) mass is 308 g/mol. The number of rotatable bonds is 5. The normalized spacial score (nSPS) is 16.7. The lowest BCUT2D eigenvalue weighted by molar-refractivity contribution is -0.119. The molecule has 3 rings (SSSR count). The first-order valence-electron chi connectivity index (χ1n) is 8.37. The van der Waals surface area contributed by atoms with Crippen LogP contribution in [0, 0.1) is 0 Å². The van der Waals surface area contributed by atoms with E-state index in [0.717, 1.165) is 32.4 Å². The Hall–Kier alpha value is -2.29. The van der Waals surface area contributed by atoms with Crippen LogP contribution in [0.25, 0.3) is 0 Å². The number of hydrogen-bond acceptors (Lipinski definition) is 2. The van der Waals surface area contributed by atoms with Crippen molar-refractivity contribution >= 4 is 11.6 Å². The molecule has 2 aromatic carbocycles. The molecule has 1 aliphatic heterocycles. The molecule has 1 unspecified atom stereocenters. The van der Waals surface area contributed by atoms with Gasteiger partial charge in [-0.15, -0.1) is 0 Å². The first-order valence-corrected chi connectivity index (χ1v) is 8.37. The summed E-state index contributed by atoms with van der Waals surface area (Å²) in [5, 5.41) is 2.99. The molecule has 0 bridgehead atoms. The van der Waals surface area contributed by atoms with E-state index in [2.05, 4.69) is 64.8 Å². The second kappa shape index (κ2) is 7.32. The van der Waals surface area contributed by atoms with E-state index < -0.39 is 0 Å². The number of aryl methyl sites for hydroxylation is 1. The van der Waals surface area contributed by atoms with Gasteiger partial charge in [-0.2, -0.15) is 0 Å². The summed E-state index contributed by atoms with van der Waals surface area (Å²) in [6.07, 6.45) is 3.19. The number of para-hydroxylation sites is 1. The molecule has 120 valence electrons. The number of carbonyl (C=O) groups excluding carboxylic acids is 1. The maximum absolute atomic E-state index is 11.3. The molecule has 0 saturated heterocycles. The average Bonchev–Trinajstić information content (AvgIpc) is 2.59. The molecular weight excluding hydrogens is 284 g/mol. The zero-order valence-corrected chi connectivity index (χ0v) is 13.7. The van der Waals surface area contributed by atoms with E-state index in [-0.39, 0.29) is 5.91 Å². The van der Waals surface area contributed by atoms with Crippen molar-refractivity contribution < 1.29 is 4.79 Å². The fraction of sp³-hybridized carbons (Fsp3) is 0.350. The zero-order chi connectivity index (χ0) is 16.1. The fourth-order valence-electron chi connectivity index (χ4n) is 3.35. The van der Waals surface area contributed by atoms with E-state index in [1.54, 1.807) is 6.92 Å². The minimum Gasteiger partial charge on any atom is -0.366 e. The predicted molar refractivity (Wildman–Crippen MR) is 94.7 cm³/mol. The summed E-state index contributed by atoms with van der Waals surface area (Å²) < 4.78 is 0. The Kier molecular flexibility index (Phi) is 4.96. The SMILES string of the molecule is CC(=O)NCC1CCc2ccccc2N1CCc1ccccc1. The van der Waals surface area contributed by atoms with Crippen molar-refractivity contribution in [3.63, 3.8) is 0 Å². The summed E-state index contributed by atoms with van der Waals surface area (Å²) >= 11 is 0. The number of amides is 1. The Labute approximate surface area is 138 Å². The number of carbonyl (C=O) groups is 1. The van der Waals surface area contributed by atoms with E-state index >= 15 is 0 Å². The molecule has 0 radical (unpaired) electrons. The van der Waals surface area contributed by atoms with Gasteiger partial charge in [0.1, 0.15) is 0 Å². The molecule has 0 aliphatic carbocycles. The number of nitrogens with one attached hydrogen (secondary N) is 1. The quantitative estimate of drug-likeness (QED) is 0.920. The molecule has 2 aromatic rings. The lowest BCUT2D eigenvalue weighted by atomic mass is 9.95. The van der Waals surface area contributed by atoms with Gasteiger partial charge in [0.05, 0.1) is 0 Å². The summed E-state index contributed by atoms with van der Waals surface area (Å²) in [6, 6.07) is 19.6. The standard InChI is InChI=1S/C20H24N2O/c1-16(23)21-15-19-12-11-18-9-5-6-10-20(18)22(19)14-13-17-7-3-2-4-8-17/h2-10,19H,11-15H2,1H3,(H,21,23). The number of hydrogen-bond donors (Lipinski definition) is 1. The van der Waals surface area contributed by atoms with Gasteiger partial charge in [-0.1, -0.05) is 48.5 Å². The summed E-state index contributed by atoms with van der Waals surface area (Å²) in [7, 11) is 0. The molecule has 1 heterocycles. The average molecular weight is 308 g/mol. The lowest BCUT2D eigenvalue weighted by Gasteiger charge is -2.39. The molecule has 0 spiro atoms. The second-order valence-corrected chi connectivity index (χ2v) is 6.19. The van der Waals surface area contributed by atoms with Crippen molar-refractivity contribution in [1.82, 2.24) is 5.32 Å². The van der Waals surface area contributed by atoms with Gasteiger partial charge >= 0.3 is 0 Å². The van der Waals surface area contributed by atoms with Crippen LogP contribution in [0.5, 0.6) is 0 Å². The Balaban J connectivity index is 1.76. The summed E-state index contributed by atoms with van der Waals surface area (Å²) in [6.45, 7) is 3.29. The third-order valence-electron chi connectivity index (χ3n) is 4.56. The highest BCUT2D eigenvalue weighted by atomic mass is 16.1. The largest absolute Gasteiger partial charge is 0.366 e. The Morgan fingerprint density at radius 2 is 1.87 bits per heavy atom. The second-order valence-electron chi connectivity index (χ2n) is 6.19. The van der Waals surface area contributed by atoms with Crippen molar-refractivity contribution in [3.8, 4) is 0 Å². The van der Waals surface area contributed by atoms with Crippen LogP contribution in [0.1, 0.15) is 24.5 Å². The summed E-state index contributed by atoms with van der Waals surface area (Å²) in [5.74, 6) is 0.0480. The van der Waals surface area contributed by atoms with E-state index in [9.17, 15) is 4.79 Å². The molecule has 1 N–H and O–H groups in total. The molecule has 0 fully saturated rings. The van der Waals surface area contributed by atoms with E-state index in [4.69, 9.17) is 0 Å². The molecule has 0 saturated carbocycles. The first-order chi connectivity index (χ1) is 11.2. The van der Waals surface area contributed by atoms with Crippen molar-refractivity contribution in [3.05, 3.63) is 65.7 Å². The maximum Gasteiger partial charge on any atom is 0.216 e. The van der Waals surface area contributed by atoms with Gasteiger partial charge in [-0.3, -0.25) is 4.79 Å². The van der Waals surface area contributed by atoms with E-state index in [1.165, 1.54) is 16.8 Å². The first kappa shape index (κ1) is 15.6. The number of fused-ring (bicyclic) bond motifs is 1. The molecule has 0 aromatic heterocycles. The highest BCUT2D eigenvalue weighted by Crippen LogP contribution is 2.30. The number of anilines is 1. The van der Waals surface area contributed by atoms with Crippen molar-refractivity contribution in [1.29, 1.82) is 0 Å². The van der Waals surface area contributed by atoms with Crippen molar-refractivity contribution in [2.75, 3.05) is 18.0 Å². The van der Waals surface area contributed by atoms with Gasteiger partial charge in [-0.05, 0) is 36.5 Å². The molecule has 3 nitrogen and oxygen atoms in total. The number of benzene rings is 2. The van der Waals surface area contributed by atoms with Crippen LogP contribution < -0.4 is 10.2 Å². The van der Waals surface area contributed by atoms with Gasteiger partial charge in [-0.25, -0.2) is 0 Å². The molecular formula is C20H24N2O. The van der Waals surface area contributed by atoms with Gasteiger partial charge in [0.2, 0.25) is 5.91 Å². The van der Waals surface area contributed by atoms with Crippen LogP contribution in [0.15, 0.2) is 54.6 Å². The Morgan fingerprint density at radius 3 is 2.65 bits per heavy atom. The minimum absolute atomic E-state index is 0.0480. The number of nitrogens with zero attached hydrogens (tertiary/aromatic N) is 1. The Bertz CT molecular complexity index is 654. The molecule has 3 heteroatoms. The van der Waals surface area contributed by atoms with Gasteiger partial charge < -0.3 is 10.2 Å². The van der Waals surface area contributed by atoms with Crippen LogP contribution >= 0.6 is 0 Å². The van der Waals surface area contributed by atoms with E-state index in [1.807, 2.05) is 0 Å². The summed E-state index contributed by atoms with van der Waals surface area (Å²) in [4.78, 5) is 13.8. The van der Waals surface area contributed by atoms with Crippen LogP contribution in [0.3, 0.4) is 0 Å². The predicted octanol–water partition coefficient (Wildman–Crippen LogP) is 3.19. The summed E-state index contributed by atoms with van der Waals surface area (Å²) in [5.41, 5.74) is 4.10. The van der Waals surface area contributed by atoms with E-state index in [0.29, 0.717) is 6.04 Å². The minimum atomic E-state index is 0.0480. The highest BCUT2D eigenvalue weighted by Gasteiger charge is 2.25. The highest BCUT2D eigenvalue weighted by molar-refractivity contribution is 5.73. The third-order valence-corrected chi connectivity index (χ3v) is 4.56. The smallest absolute Gasteiger partial charge is 0.216 e. The van der Waals surface area contributed by atoms with Crippen molar-refractivity contribution in [2.24, 2.45) is 0 Å². The zero-order valence-electron chi connectivity index (χ0n) is 13.7. The molecule has 1 amide bonds. The van der Waals surface area contributed by atoms with Crippen molar-refractivity contribution in [2.45, 2.75) is 32.2 Å². The molecule has 1 atom stereocenters.